The Morgan fingerprint density at radius 2 is 1.81 bits per heavy atom. The molecule has 0 aromatic heterocycles. The van der Waals surface area contributed by atoms with Gasteiger partial charge in [-0.3, -0.25) is 0 Å². The van der Waals surface area contributed by atoms with Crippen LogP contribution in [0.4, 0.5) is 13.2 Å². The molecule has 0 heterocycles. The van der Waals surface area contributed by atoms with Crippen LogP contribution in [-0.4, -0.2) is 19.2 Å². The molecule has 0 unspecified atom stereocenters. The number of hydrogen-bond donors (Lipinski definition) is 0. The van der Waals surface area contributed by atoms with Crippen LogP contribution in [0.5, 0.6) is 11.5 Å². The monoisotopic (exact) mass is 436 g/mol. The third-order valence-electron chi connectivity index (χ3n) is 5.34. The van der Waals surface area contributed by atoms with Gasteiger partial charge in [0.05, 0.1) is 18.8 Å². The minimum absolute atomic E-state index is 0.0341. The van der Waals surface area contributed by atoms with Crippen molar-refractivity contribution < 1.29 is 32.2 Å². The van der Waals surface area contributed by atoms with Crippen LogP contribution in [0.25, 0.3) is 0 Å². The predicted octanol–water partition coefficient (Wildman–Crippen LogP) is 6.52. The van der Waals surface area contributed by atoms with E-state index in [-0.39, 0.29) is 24.2 Å². The molecule has 168 valence electrons. The summed E-state index contributed by atoms with van der Waals surface area (Å²) in [5.41, 5.74) is 0.482. The number of methoxy groups -OCH3 is 1. The minimum atomic E-state index is -4.41. The highest BCUT2D eigenvalue weighted by Crippen LogP contribution is 2.42. The molecule has 1 aliphatic rings. The summed E-state index contributed by atoms with van der Waals surface area (Å²) in [7, 11) is 1.28. The van der Waals surface area contributed by atoms with E-state index in [1.54, 1.807) is 24.3 Å². The summed E-state index contributed by atoms with van der Waals surface area (Å²) in [6.07, 6.45) is -1.07. The molecule has 1 fully saturated rings. The van der Waals surface area contributed by atoms with E-state index >= 15 is 0 Å². The number of ether oxygens (including phenoxy) is 3. The van der Waals surface area contributed by atoms with Gasteiger partial charge in [0.2, 0.25) is 0 Å². The van der Waals surface area contributed by atoms with E-state index in [0.717, 1.165) is 25.7 Å². The lowest BCUT2D eigenvalue weighted by Gasteiger charge is -2.19. The molecule has 0 bridgehead atoms. The van der Waals surface area contributed by atoms with Gasteiger partial charge < -0.3 is 14.2 Å². The van der Waals surface area contributed by atoms with Crippen molar-refractivity contribution in [3.8, 4) is 11.5 Å². The van der Waals surface area contributed by atoms with Crippen molar-refractivity contribution in [1.29, 1.82) is 0 Å². The van der Waals surface area contributed by atoms with Gasteiger partial charge in [-0.2, -0.15) is 13.2 Å². The summed E-state index contributed by atoms with van der Waals surface area (Å²) < 4.78 is 57.2. The number of halogens is 3. The Balaban J connectivity index is 1.81. The fraction of sp³-hybridized carbons (Fsp3) is 0.458. The molecule has 31 heavy (non-hydrogen) atoms. The first kappa shape index (κ1) is 23.0. The summed E-state index contributed by atoms with van der Waals surface area (Å²) in [5.74, 6) is 0.108. The second kappa shape index (κ2) is 9.62. The van der Waals surface area contributed by atoms with E-state index < -0.39 is 17.7 Å². The van der Waals surface area contributed by atoms with Crippen LogP contribution in [0.15, 0.2) is 36.4 Å². The SMILES string of the molecule is COC(=O)c1ccc(OCc2ccc(C3CCCC3)c(C(F)(F)F)c2)cc1OC(C)C. The van der Waals surface area contributed by atoms with E-state index in [9.17, 15) is 18.0 Å². The summed E-state index contributed by atoms with van der Waals surface area (Å²) >= 11 is 0. The molecule has 0 spiro atoms. The number of esters is 1. The molecule has 0 N–H and O–H groups in total. The average Bonchev–Trinajstić information content (AvgIpc) is 3.25. The fourth-order valence-electron chi connectivity index (χ4n) is 3.92. The average molecular weight is 436 g/mol. The van der Waals surface area contributed by atoms with Crippen molar-refractivity contribution in [3.63, 3.8) is 0 Å². The van der Waals surface area contributed by atoms with Gasteiger partial charge in [0.1, 0.15) is 23.7 Å². The first-order valence-corrected chi connectivity index (χ1v) is 10.4. The van der Waals surface area contributed by atoms with Crippen molar-refractivity contribution >= 4 is 5.97 Å². The molecular weight excluding hydrogens is 409 g/mol. The second-order valence-electron chi connectivity index (χ2n) is 8.01. The van der Waals surface area contributed by atoms with Gasteiger partial charge in [0, 0.05) is 6.07 Å². The number of alkyl halides is 3. The first-order chi connectivity index (χ1) is 14.7. The molecule has 0 saturated heterocycles. The fourth-order valence-corrected chi connectivity index (χ4v) is 3.92. The molecule has 2 aromatic rings. The number of benzene rings is 2. The molecule has 7 heteroatoms. The van der Waals surface area contributed by atoms with Crippen LogP contribution >= 0.6 is 0 Å². The van der Waals surface area contributed by atoms with Gasteiger partial charge in [0.25, 0.3) is 0 Å². The number of hydrogen-bond acceptors (Lipinski definition) is 4. The maximum absolute atomic E-state index is 13.7. The standard InChI is InChI=1S/C24H27F3O4/c1-15(2)31-22-13-18(9-11-20(22)23(28)29-3)30-14-16-8-10-19(17-6-4-5-7-17)21(12-16)24(25,26)27/h8-13,15,17H,4-7,14H2,1-3H3. The summed E-state index contributed by atoms with van der Waals surface area (Å²) in [6.45, 7) is 3.60. The van der Waals surface area contributed by atoms with Crippen molar-refractivity contribution in [3.05, 3.63) is 58.7 Å². The zero-order valence-electron chi connectivity index (χ0n) is 17.9. The van der Waals surface area contributed by atoms with Crippen LogP contribution in [0, 0.1) is 0 Å². The lowest BCUT2D eigenvalue weighted by atomic mass is 9.91. The third-order valence-corrected chi connectivity index (χ3v) is 5.34. The number of carbonyl (C=O) groups excluding carboxylic acids is 1. The largest absolute Gasteiger partial charge is 0.490 e. The van der Waals surface area contributed by atoms with Crippen molar-refractivity contribution in [2.45, 2.75) is 64.3 Å². The molecule has 2 aromatic carbocycles. The summed E-state index contributed by atoms with van der Waals surface area (Å²) in [5, 5.41) is 0. The maximum atomic E-state index is 13.7. The predicted molar refractivity (Wildman–Crippen MR) is 111 cm³/mol. The highest BCUT2D eigenvalue weighted by atomic mass is 19.4. The Hall–Kier alpha value is -2.70. The van der Waals surface area contributed by atoms with Gasteiger partial charge in [-0.15, -0.1) is 0 Å². The van der Waals surface area contributed by atoms with Crippen LogP contribution in [0.1, 0.15) is 72.5 Å². The molecule has 3 rings (SSSR count). The van der Waals surface area contributed by atoms with Crippen molar-refractivity contribution in [2.75, 3.05) is 7.11 Å². The van der Waals surface area contributed by atoms with Gasteiger partial charge in [0.15, 0.2) is 0 Å². The molecule has 0 aliphatic heterocycles. The second-order valence-corrected chi connectivity index (χ2v) is 8.01. The van der Waals surface area contributed by atoms with E-state index in [1.807, 2.05) is 13.8 Å². The van der Waals surface area contributed by atoms with Gasteiger partial charge in [-0.25, -0.2) is 4.79 Å². The highest BCUT2D eigenvalue weighted by Gasteiger charge is 2.36. The van der Waals surface area contributed by atoms with Gasteiger partial charge in [-0.1, -0.05) is 25.0 Å². The van der Waals surface area contributed by atoms with E-state index in [0.29, 0.717) is 22.6 Å². The normalized spacial score (nSPS) is 14.7. The Bertz CT molecular complexity index is 916. The summed E-state index contributed by atoms with van der Waals surface area (Å²) in [4.78, 5) is 11.9. The molecule has 0 atom stereocenters. The Kier molecular flexibility index (Phi) is 7.13. The molecule has 4 nitrogen and oxygen atoms in total. The summed E-state index contributed by atoms with van der Waals surface area (Å²) in [6, 6.07) is 9.09. The minimum Gasteiger partial charge on any atom is -0.490 e. The Morgan fingerprint density at radius 1 is 1.10 bits per heavy atom. The van der Waals surface area contributed by atoms with Crippen molar-refractivity contribution in [2.24, 2.45) is 0 Å². The van der Waals surface area contributed by atoms with Crippen LogP contribution in [0.2, 0.25) is 0 Å². The molecule has 0 radical (unpaired) electrons. The van der Waals surface area contributed by atoms with E-state index in [1.165, 1.54) is 19.2 Å². The zero-order chi connectivity index (χ0) is 22.6. The van der Waals surface area contributed by atoms with Crippen LogP contribution in [0.3, 0.4) is 0 Å². The highest BCUT2D eigenvalue weighted by molar-refractivity contribution is 5.92. The van der Waals surface area contributed by atoms with E-state index in [4.69, 9.17) is 14.2 Å². The smallest absolute Gasteiger partial charge is 0.416 e. The molecule has 1 saturated carbocycles. The molecular formula is C24H27F3O4. The number of carbonyl (C=O) groups is 1. The van der Waals surface area contributed by atoms with E-state index in [2.05, 4.69) is 0 Å². The molecule has 1 aliphatic carbocycles. The molecule has 0 amide bonds. The van der Waals surface area contributed by atoms with Gasteiger partial charge >= 0.3 is 12.1 Å². The Labute approximate surface area is 180 Å². The first-order valence-electron chi connectivity index (χ1n) is 10.4. The van der Waals surface area contributed by atoms with Crippen molar-refractivity contribution in [1.82, 2.24) is 0 Å². The lowest BCUT2D eigenvalue weighted by Crippen LogP contribution is -2.13. The van der Waals surface area contributed by atoms with Crippen LogP contribution < -0.4 is 9.47 Å². The van der Waals surface area contributed by atoms with Crippen LogP contribution in [-0.2, 0) is 17.5 Å². The zero-order valence-corrected chi connectivity index (χ0v) is 17.9. The number of rotatable bonds is 7. The third kappa shape index (κ3) is 5.71. The lowest BCUT2D eigenvalue weighted by molar-refractivity contribution is -0.138. The quantitative estimate of drug-likeness (QED) is 0.464. The Morgan fingerprint density at radius 3 is 2.42 bits per heavy atom. The maximum Gasteiger partial charge on any atom is 0.416 e. The van der Waals surface area contributed by atoms with Gasteiger partial charge in [-0.05, 0) is 61.9 Å². The topological polar surface area (TPSA) is 44.8 Å².